The molecule has 0 N–H and O–H groups in total. The molecule has 0 aromatic heterocycles. The Bertz CT molecular complexity index is 11.6. The quantitative estimate of drug-likeness (QED) is 0.376. The fraction of sp³-hybridized carbons (Fsp3) is 0. The van der Waals surface area contributed by atoms with Gasteiger partial charge in [-0.05, 0) is 0 Å². The van der Waals surface area contributed by atoms with E-state index < -0.39 is 0 Å². The van der Waals surface area contributed by atoms with Crippen molar-refractivity contribution in [3.8, 4) is 0 Å². The van der Waals surface area contributed by atoms with E-state index in [0.29, 0.717) is 0 Å². The molecule has 0 aliphatic carbocycles. The third kappa shape index (κ3) is 18.7. The van der Waals surface area contributed by atoms with Gasteiger partial charge in [0.25, 0.3) is 0 Å². The minimum absolute atomic E-state index is 0. The second-order valence-corrected chi connectivity index (χ2v) is 0. The third-order valence-corrected chi connectivity index (χ3v) is 0. The molecule has 5 heteroatoms. The van der Waals surface area contributed by atoms with Crippen molar-refractivity contribution in [1.29, 1.82) is 0 Å². The van der Waals surface area contributed by atoms with Crippen LogP contribution in [0.15, 0.2) is 0 Å². The Morgan fingerprint density at radius 1 is 1.00 bits per heavy atom. The van der Waals surface area contributed by atoms with Crippen molar-refractivity contribution in [1.82, 2.24) is 0 Å². The van der Waals surface area contributed by atoms with Crippen LogP contribution in [-0.2, 0) is 77.6 Å². The molecule has 5 heavy (non-hydrogen) atoms. The maximum atomic E-state index is 0. The van der Waals surface area contributed by atoms with E-state index in [4.69, 9.17) is 0 Å². The van der Waals surface area contributed by atoms with Crippen LogP contribution in [0.5, 0.6) is 0 Å². The Hall–Kier alpha value is 3.36. The summed E-state index contributed by atoms with van der Waals surface area (Å²) in [5, 5.41) is 0. The molecule has 0 aliphatic rings. The molecule has 0 bridgehead atoms. The number of hydrogen-bond acceptors (Lipinski definition) is 0. The van der Waals surface area contributed by atoms with E-state index in [-0.39, 0.29) is 105 Å². The van der Waals surface area contributed by atoms with Crippen LogP contribution < -0.4 is 0 Å². The molecule has 0 amide bonds. The minimum atomic E-state index is 0. The first kappa shape index (κ1) is 40.1. The first-order valence-corrected chi connectivity index (χ1v) is 0. The second kappa shape index (κ2) is 26.4. The molecule has 0 aromatic rings. The number of hydrogen-bond donors (Lipinski definition) is 0. The first-order valence-electron chi connectivity index (χ1n) is 0. The molecular formula is H2CdCoCuNiPb. The van der Waals surface area contributed by atoms with E-state index in [0.717, 1.165) is 0 Å². The van der Waals surface area contributed by atoms with Crippen LogP contribution in [0, 0.1) is 0 Å². The third-order valence-electron chi connectivity index (χ3n) is 0. The van der Waals surface area contributed by atoms with Gasteiger partial charge in [0.2, 0.25) is 0 Å². The van der Waals surface area contributed by atoms with Crippen LogP contribution in [-0.4, -0.2) is 27.3 Å². The van der Waals surface area contributed by atoms with Gasteiger partial charge in [-0.25, -0.2) is 0 Å². The molecule has 0 unspecified atom stereocenters. The molecule has 0 heterocycles. The van der Waals surface area contributed by atoms with E-state index >= 15 is 0 Å². The average Bonchev–Trinajstić information content (AvgIpc) is 0. The van der Waals surface area contributed by atoms with Gasteiger partial charge in [0.15, 0.2) is 0 Å². The predicted octanol–water partition coefficient (Wildman–Crippen LogP) is -0.926. The monoisotopic (exact) mass is 504 g/mol. The van der Waals surface area contributed by atoms with E-state index in [1.54, 1.807) is 0 Å². The molecule has 38 valence electrons. The summed E-state index contributed by atoms with van der Waals surface area (Å²) in [5.74, 6) is 0. The van der Waals surface area contributed by atoms with E-state index in [1.165, 1.54) is 0 Å². The molecule has 0 saturated carbocycles. The molecule has 0 atom stereocenters. The Morgan fingerprint density at radius 3 is 1.00 bits per heavy atom. The van der Waals surface area contributed by atoms with Gasteiger partial charge in [-0.15, -0.1) is 0 Å². The van der Waals surface area contributed by atoms with Crippen molar-refractivity contribution in [3.63, 3.8) is 0 Å². The van der Waals surface area contributed by atoms with Gasteiger partial charge >= 0.3 is 27.3 Å². The zero-order chi connectivity index (χ0) is 0. The van der Waals surface area contributed by atoms with Gasteiger partial charge in [0.05, 0.1) is 0 Å². The zero-order valence-corrected chi connectivity index (χ0v) is 14.9. The molecular weight excluding hydrogens is 501 g/mol. The summed E-state index contributed by atoms with van der Waals surface area (Å²) in [4.78, 5) is 0. The molecule has 0 nitrogen and oxygen atoms in total. The van der Waals surface area contributed by atoms with Crippen molar-refractivity contribution >= 4 is 27.3 Å². The van der Waals surface area contributed by atoms with E-state index in [2.05, 4.69) is 0 Å². The molecule has 4 radical (unpaired) electrons. The van der Waals surface area contributed by atoms with Crippen molar-refractivity contribution in [3.05, 3.63) is 0 Å². The van der Waals surface area contributed by atoms with E-state index in [1.807, 2.05) is 0 Å². The fourth-order valence-corrected chi connectivity index (χ4v) is 0. The number of rotatable bonds is 0. The summed E-state index contributed by atoms with van der Waals surface area (Å²) < 4.78 is 0. The predicted molar refractivity (Wildman–Crippen MR) is 8.54 cm³/mol. The van der Waals surface area contributed by atoms with Gasteiger partial charge in [-0.1, -0.05) is 0 Å². The van der Waals surface area contributed by atoms with Crippen molar-refractivity contribution in [2.75, 3.05) is 0 Å². The second-order valence-electron chi connectivity index (χ2n) is 0. The summed E-state index contributed by atoms with van der Waals surface area (Å²) in [6.45, 7) is 0. The summed E-state index contributed by atoms with van der Waals surface area (Å²) in [6.07, 6.45) is 0. The Morgan fingerprint density at radius 2 is 1.00 bits per heavy atom. The molecule has 0 aliphatic heterocycles. The fourth-order valence-electron chi connectivity index (χ4n) is 0. The first-order chi connectivity index (χ1) is 0. The van der Waals surface area contributed by atoms with Crippen LogP contribution in [0.2, 0.25) is 0 Å². The van der Waals surface area contributed by atoms with Crippen molar-refractivity contribution in [2.24, 2.45) is 0 Å². The van der Waals surface area contributed by atoms with Gasteiger partial charge in [-0.2, -0.15) is 0 Å². The molecule has 0 saturated heterocycles. The Kier molecular flexibility index (Phi) is 211. The maximum absolute atomic E-state index is 0. The van der Waals surface area contributed by atoms with Crippen LogP contribution in [0.25, 0.3) is 0 Å². The summed E-state index contributed by atoms with van der Waals surface area (Å²) in [5.41, 5.74) is 0. The van der Waals surface area contributed by atoms with Gasteiger partial charge in [0.1, 0.15) is 0 Å². The molecule has 0 rings (SSSR count). The Labute approximate surface area is 103 Å². The van der Waals surface area contributed by atoms with Crippen LogP contribution in [0.3, 0.4) is 0 Å². The van der Waals surface area contributed by atoms with Gasteiger partial charge in [0, 0.05) is 77.6 Å². The zero-order valence-electron chi connectivity index (χ0n) is 2.37. The summed E-state index contributed by atoms with van der Waals surface area (Å²) >= 11 is 0. The van der Waals surface area contributed by atoms with Crippen LogP contribution in [0.1, 0.15) is 0 Å². The average molecular weight is 503 g/mol. The SMILES string of the molecule is [Cd].[Co].[Cu].[Ni].[PbH2]. The van der Waals surface area contributed by atoms with Gasteiger partial charge < -0.3 is 0 Å². The van der Waals surface area contributed by atoms with Crippen LogP contribution >= 0.6 is 0 Å². The summed E-state index contributed by atoms with van der Waals surface area (Å²) in [6, 6.07) is 0. The van der Waals surface area contributed by atoms with Crippen LogP contribution in [0.4, 0.5) is 0 Å². The van der Waals surface area contributed by atoms with E-state index in [9.17, 15) is 0 Å². The standard InChI is InChI=1S/Cd.Co.Cu.Ni.Pb.2H. The van der Waals surface area contributed by atoms with Crippen molar-refractivity contribution < 1.29 is 77.6 Å². The Balaban J connectivity index is 0. The normalized spacial score (nSPS) is 0. The van der Waals surface area contributed by atoms with Crippen molar-refractivity contribution in [2.45, 2.75) is 0 Å². The van der Waals surface area contributed by atoms with Gasteiger partial charge in [-0.3, -0.25) is 0 Å². The molecule has 0 fully saturated rings. The molecule has 0 spiro atoms. The topological polar surface area (TPSA) is 0 Å². The summed E-state index contributed by atoms with van der Waals surface area (Å²) in [7, 11) is 0. The molecule has 0 aromatic carbocycles.